The number of nitrogens with zero attached hydrogens (tertiary/aromatic N) is 1. The SMILES string of the molecule is CCc1ccccc1N/C=C1/C(=O)c2sccc2N(Cc2cccc(F)c2)S1(=O)=O. The third-order valence-corrected chi connectivity index (χ3v) is 7.55. The van der Waals surface area contributed by atoms with Crippen molar-refractivity contribution in [2.24, 2.45) is 0 Å². The molecule has 0 spiro atoms. The number of anilines is 2. The number of ketones is 1. The molecular formula is C22H19FN2O3S2. The van der Waals surface area contributed by atoms with E-state index in [1.165, 1.54) is 35.7 Å². The Balaban J connectivity index is 1.76. The van der Waals surface area contributed by atoms with Crippen LogP contribution in [-0.4, -0.2) is 14.2 Å². The minimum absolute atomic E-state index is 0.0695. The van der Waals surface area contributed by atoms with E-state index in [2.05, 4.69) is 5.32 Å². The average molecular weight is 443 g/mol. The van der Waals surface area contributed by atoms with Gasteiger partial charge >= 0.3 is 0 Å². The molecule has 154 valence electrons. The highest BCUT2D eigenvalue weighted by Crippen LogP contribution is 2.39. The molecule has 0 fully saturated rings. The van der Waals surface area contributed by atoms with Crippen LogP contribution < -0.4 is 9.62 Å². The van der Waals surface area contributed by atoms with Crippen molar-refractivity contribution in [3.63, 3.8) is 0 Å². The molecule has 2 heterocycles. The Labute approximate surface area is 178 Å². The Bertz CT molecular complexity index is 1250. The summed E-state index contributed by atoms with van der Waals surface area (Å²) in [6, 6.07) is 14.9. The molecular weight excluding hydrogens is 423 g/mol. The molecule has 0 saturated carbocycles. The number of nitrogens with one attached hydrogen (secondary N) is 1. The number of hydrogen-bond donors (Lipinski definition) is 1. The summed E-state index contributed by atoms with van der Waals surface area (Å²) in [4.78, 5) is 13.0. The number of allylic oxidation sites excluding steroid dienone is 1. The first-order valence-electron chi connectivity index (χ1n) is 9.36. The fourth-order valence-corrected chi connectivity index (χ4v) is 5.85. The molecule has 0 saturated heterocycles. The maximum Gasteiger partial charge on any atom is 0.270 e. The van der Waals surface area contributed by atoms with Gasteiger partial charge in [0, 0.05) is 11.9 Å². The monoisotopic (exact) mass is 442 g/mol. The predicted molar refractivity (Wildman–Crippen MR) is 118 cm³/mol. The van der Waals surface area contributed by atoms with Crippen LogP contribution in [0.15, 0.2) is 71.1 Å². The maximum absolute atomic E-state index is 13.6. The molecule has 4 rings (SSSR count). The Kier molecular flexibility index (Phi) is 5.44. The van der Waals surface area contributed by atoms with E-state index in [4.69, 9.17) is 0 Å². The van der Waals surface area contributed by atoms with Crippen molar-refractivity contribution in [2.45, 2.75) is 19.9 Å². The lowest BCUT2D eigenvalue weighted by atomic mass is 10.1. The number of fused-ring (bicyclic) bond motifs is 1. The van der Waals surface area contributed by atoms with Crippen molar-refractivity contribution in [2.75, 3.05) is 9.62 Å². The summed E-state index contributed by atoms with van der Waals surface area (Å²) < 4.78 is 41.5. The van der Waals surface area contributed by atoms with Gasteiger partial charge < -0.3 is 5.32 Å². The van der Waals surface area contributed by atoms with Crippen molar-refractivity contribution in [1.82, 2.24) is 0 Å². The number of thiophene rings is 1. The van der Waals surface area contributed by atoms with Gasteiger partial charge in [0.15, 0.2) is 4.91 Å². The lowest BCUT2D eigenvalue weighted by molar-refractivity contribution is 0.104. The lowest BCUT2D eigenvalue weighted by Gasteiger charge is -2.29. The van der Waals surface area contributed by atoms with Gasteiger partial charge in [-0.3, -0.25) is 9.10 Å². The quantitative estimate of drug-likeness (QED) is 0.569. The fourth-order valence-electron chi connectivity index (χ4n) is 3.37. The van der Waals surface area contributed by atoms with Gasteiger partial charge in [0.25, 0.3) is 10.0 Å². The first-order valence-corrected chi connectivity index (χ1v) is 11.7. The number of para-hydroxylation sites is 1. The van der Waals surface area contributed by atoms with E-state index < -0.39 is 21.6 Å². The van der Waals surface area contributed by atoms with E-state index in [1.807, 2.05) is 31.2 Å². The third kappa shape index (κ3) is 3.64. The summed E-state index contributed by atoms with van der Waals surface area (Å²) >= 11 is 1.19. The van der Waals surface area contributed by atoms with Crippen molar-refractivity contribution in [1.29, 1.82) is 0 Å². The van der Waals surface area contributed by atoms with Gasteiger partial charge in [-0.15, -0.1) is 11.3 Å². The highest BCUT2D eigenvalue weighted by molar-refractivity contribution is 7.97. The van der Waals surface area contributed by atoms with Crippen molar-refractivity contribution < 1.29 is 17.6 Å². The van der Waals surface area contributed by atoms with Crippen LogP contribution in [0, 0.1) is 5.82 Å². The van der Waals surface area contributed by atoms with E-state index in [-0.39, 0.29) is 11.4 Å². The van der Waals surface area contributed by atoms with E-state index in [0.29, 0.717) is 16.1 Å². The van der Waals surface area contributed by atoms with Crippen molar-refractivity contribution in [3.05, 3.63) is 92.9 Å². The minimum Gasteiger partial charge on any atom is -0.360 e. The van der Waals surface area contributed by atoms with Gasteiger partial charge in [-0.1, -0.05) is 37.3 Å². The van der Waals surface area contributed by atoms with Gasteiger partial charge in [0.05, 0.1) is 12.2 Å². The molecule has 0 unspecified atom stereocenters. The number of hydrogen-bond acceptors (Lipinski definition) is 5. The number of aryl methyl sites for hydroxylation is 1. The zero-order valence-corrected chi connectivity index (χ0v) is 17.8. The number of halogens is 1. The number of rotatable bonds is 5. The van der Waals surface area contributed by atoms with Crippen LogP contribution in [0.4, 0.5) is 15.8 Å². The maximum atomic E-state index is 13.6. The average Bonchev–Trinajstić information content (AvgIpc) is 3.21. The van der Waals surface area contributed by atoms with Crippen LogP contribution in [-0.2, 0) is 23.0 Å². The standard InChI is InChI=1S/C22H19FN2O3S2/c1-2-16-7-3-4-9-18(16)24-13-20-21(26)22-19(10-11-29-22)25(30(20,27)28)14-15-6-5-8-17(23)12-15/h3-13,24H,2,14H2,1H3/b20-13-. The summed E-state index contributed by atoms with van der Waals surface area (Å²) in [6.45, 7) is 1.93. The molecule has 30 heavy (non-hydrogen) atoms. The normalized spacial score (nSPS) is 16.5. The lowest BCUT2D eigenvalue weighted by Crippen LogP contribution is -2.38. The molecule has 2 aromatic carbocycles. The Morgan fingerprint density at radius 3 is 2.70 bits per heavy atom. The fraction of sp³-hybridized carbons (Fsp3) is 0.136. The number of Topliss-reactive ketones (excluding diaryl/α,β-unsaturated/α-hetero) is 1. The topological polar surface area (TPSA) is 66.5 Å². The second-order valence-electron chi connectivity index (χ2n) is 6.77. The van der Waals surface area contributed by atoms with Crippen LogP contribution in [0.2, 0.25) is 0 Å². The Morgan fingerprint density at radius 2 is 1.93 bits per heavy atom. The molecule has 1 aliphatic heterocycles. The van der Waals surface area contributed by atoms with Gasteiger partial charge in [-0.2, -0.15) is 0 Å². The second-order valence-corrected chi connectivity index (χ2v) is 9.52. The predicted octanol–water partition coefficient (Wildman–Crippen LogP) is 4.94. The zero-order chi connectivity index (χ0) is 21.3. The second kappa shape index (κ2) is 8.04. The molecule has 0 radical (unpaired) electrons. The summed E-state index contributed by atoms with van der Waals surface area (Å²) in [5, 5.41) is 4.67. The molecule has 3 aromatic rings. The number of carbonyl (C=O) groups is 1. The molecule has 8 heteroatoms. The van der Waals surface area contributed by atoms with Crippen LogP contribution in [0.5, 0.6) is 0 Å². The summed E-state index contributed by atoms with van der Waals surface area (Å²) in [5.74, 6) is -0.992. The Hall–Kier alpha value is -2.97. The smallest absolute Gasteiger partial charge is 0.270 e. The van der Waals surface area contributed by atoms with Crippen LogP contribution in [0.25, 0.3) is 0 Å². The van der Waals surface area contributed by atoms with Crippen LogP contribution >= 0.6 is 11.3 Å². The molecule has 0 amide bonds. The van der Waals surface area contributed by atoms with Gasteiger partial charge in [-0.05, 0) is 47.2 Å². The number of benzene rings is 2. The highest BCUT2D eigenvalue weighted by atomic mass is 32.2. The van der Waals surface area contributed by atoms with Crippen LogP contribution in [0.3, 0.4) is 0 Å². The molecule has 1 aromatic heterocycles. The van der Waals surface area contributed by atoms with Gasteiger partial charge in [-0.25, -0.2) is 12.8 Å². The molecule has 0 aliphatic carbocycles. The van der Waals surface area contributed by atoms with Gasteiger partial charge in [0.1, 0.15) is 10.7 Å². The first-order chi connectivity index (χ1) is 14.4. The first kappa shape index (κ1) is 20.3. The van der Waals surface area contributed by atoms with E-state index in [1.54, 1.807) is 17.5 Å². The molecule has 0 bridgehead atoms. The Morgan fingerprint density at radius 1 is 1.13 bits per heavy atom. The molecule has 1 N–H and O–H groups in total. The minimum atomic E-state index is -4.13. The number of sulfonamides is 1. The molecule has 5 nitrogen and oxygen atoms in total. The number of carbonyl (C=O) groups excluding carboxylic acids is 1. The van der Waals surface area contributed by atoms with E-state index in [0.717, 1.165) is 22.0 Å². The van der Waals surface area contributed by atoms with Gasteiger partial charge in [0.2, 0.25) is 5.78 Å². The van der Waals surface area contributed by atoms with Crippen molar-refractivity contribution in [3.8, 4) is 0 Å². The van der Waals surface area contributed by atoms with E-state index >= 15 is 0 Å². The summed E-state index contributed by atoms with van der Waals surface area (Å²) in [7, 11) is -4.13. The van der Waals surface area contributed by atoms with E-state index in [9.17, 15) is 17.6 Å². The van der Waals surface area contributed by atoms with Crippen LogP contribution in [0.1, 0.15) is 27.7 Å². The zero-order valence-electron chi connectivity index (χ0n) is 16.1. The summed E-state index contributed by atoms with van der Waals surface area (Å²) in [6.07, 6.45) is 2.02. The molecule has 1 aliphatic rings. The van der Waals surface area contributed by atoms with Crippen molar-refractivity contribution >= 4 is 38.5 Å². The third-order valence-electron chi connectivity index (χ3n) is 4.88. The highest BCUT2D eigenvalue weighted by Gasteiger charge is 2.41. The summed E-state index contributed by atoms with van der Waals surface area (Å²) in [5.41, 5.74) is 2.56. The molecule has 0 atom stereocenters. The largest absolute Gasteiger partial charge is 0.360 e.